The van der Waals surface area contributed by atoms with E-state index in [4.69, 9.17) is 4.74 Å². The summed E-state index contributed by atoms with van der Waals surface area (Å²) < 4.78 is 5.82. The predicted molar refractivity (Wildman–Crippen MR) is 84.1 cm³/mol. The summed E-state index contributed by atoms with van der Waals surface area (Å²) >= 11 is 0. The molecule has 0 amide bonds. The molecule has 4 heteroatoms. The molecule has 1 aliphatic rings. The number of aryl methyl sites for hydroxylation is 1. The van der Waals surface area contributed by atoms with E-state index in [0.717, 1.165) is 46.6 Å². The Morgan fingerprint density at radius 2 is 2.05 bits per heavy atom. The minimum Gasteiger partial charge on any atom is -0.486 e. The number of aromatic nitrogens is 2. The van der Waals surface area contributed by atoms with Crippen LogP contribution in [0, 0.1) is 0 Å². The van der Waals surface area contributed by atoms with Crippen molar-refractivity contribution in [3.8, 4) is 5.75 Å². The van der Waals surface area contributed by atoms with E-state index < -0.39 is 0 Å². The fourth-order valence-electron chi connectivity index (χ4n) is 2.94. The summed E-state index contributed by atoms with van der Waals surface area (Å²) in [7, 11) is 0. The number of fused-ring (bicyclic) bond motifs is 2. The van der Waals surface area contributed by atoms with Crippen LogP contribution in [0.25, 0.3) is 11.0 Å². The van der Waals surface area contributed by atoms with Crippen LogP contribution in [0.2, 0.25) is 0 Å². The molecule has 3 aromatic rings. The molecule has 110 valence electrons. The number of aromatic amines is 1. The smallest absolute Gasteiger partial charge is 0.163 e. The van der Waals surface area contributed by atoms with Crippen molar-refractivity contribution in [3.05, 3.63) is 59.4 Å². The van der Waals surface area contributed by atoms with Gasteiger partial charge in [0, 0.05) is 12.0 Å². The molecule has 0 unspecified atom stereocenters. The number of ketones is 1. The molecule has 4 rings (SSSR count). The third-order valence-corrected chi connectivity index (χ3v) is 4.04. The van der Waals surface area contributed by atoms with Crippen LogP contribution in [0.3, 0.4) is 0 Å². The van der Waals surface area contributed by atoms with Gasteiger partial charge in [-0.15, -0.1) is 0 Å². The number of para-hydroxylation sites is 2. The van der Waals surface area contributed by atoms with Crippen molar-refractivity contribution in [1.82, 2.24) is 9.97 Å². The summed E-state index contributed by atoms with van der Waals surface area (Å²) in [5, 5.41) is 0. The lowest BCUT2D eigenvalue weighted by Gasteiger charge is -2.15. The van der Waals surface area contributed by atoms with Crippen molar-refractivity contribution in [2.75, 3.05) is 0 Å². The molecular weight excluding hydrogens is 276 g/mol. The molecule has 0 saturated carbocycles. The standard InChI is InChI=1S/C18H16N2O2/c21-17-7-3-4-12-10-13(8-9-14(12)17)22-11-18-19-15-5-1-2-6-16(15)20-18/h1-2,5-6,8-10H,3-4,7,11H2,(H,19,20). The number of hydrogen-bond donors (Lipinski definition) is 1. The van der Waals surface area contributed by atoms with Crippen LogP contribution in [0.15, 0.2) is 42.5 Å². The first-order chi connectivity index (χ1) is 10.8. The normalized spacial score (nSPS) is 14.1. The molecule has 4 nitrogen and oxygen atoms in total. The van der Waals surface area contributed by atoms with E-state index in [1.54, 1.807) is 0 Å². The quantitative estimate of drug-likeness (QED) is 0.801. The third-order valence-electron chi connectivity index (χ3n) is 4.04. The minimum atomic E-state index is 0.241. The van der Waals surface area contributed by atoms with Crippen molar-refractivity contribution in [2.45, 2.75) is 25.9 Å². The molecule has 0 bridgehead atoms. The molecule has 1 aliphatic carbocycles. The third kappa shape index (κ3) is 2.37. The zero-order chi connectivity index (χ0) is 14.9. The van der Waals surface area contributed by atoms with Gasteiger partial charge in [0.1, 0.15) is 18.2 Å². The number of hydrogen-bond acceptors (Lipinski definition) is 3. The second kappa shape index (κ2) is 5.30. The maximum absolute atomic E-state index is 11.8. The average Bonchev–Trinajstić information content (AvgIpc) is 2.96. The Kier molecular flexibility index (Phi) is 3.15. The first-order valence-electron chi connectivity index (χ1n) is 7.52. The second-order valence-corrected chi connectivity index (χ2v) is 5.59. The number of H-pyrrole nitrogens is 1. The molecule has 22 heavy (non-hydrogen) atoms. The average molecular weight is 292 g/mol. The number of benzene rings is 2. The van der Waals surface area contributed by atoms with Crippen LogP contribution in [-0.4, -0.2) is 15.8 Å². The van der Waals surface area contributed by atoms with Crippen LogP contribution in [-0.2, 0) is 13.0 Å². The van der Waals surface area contributed by atoms with Crippen molar-refractivity contribution in [1.29, 1.82) is 0 Å². The fraction of sp³-hybridized carbons (Fsp3) is 0.222. The van der Waals surface area contributed by atoms with Crippen molar-refractivity contribution < 1.29 is 9.53 Å². The number of carbonyl (C=O) groups excluding carboxylic acids is 1. The predicted octanol–water partition coefficient (Wildman–Crippen LogP) is 3.66. The highest BCUT2D eigenvalue weighted by Gasteiger charge is 2.17. The lowest BCUT2D eigenvalue weighted by Crippen LogP contribution is -2.10. The SMILES string of the molecule is O=C1CCCc2cc(OCc3nc4ccccc4[nH]3)ccc21. The van der Waals surface area contributed by atoms with Gasteiger partial charge in [0.25, 0.3) is 0 Å². The Morgan fingerprint density at radius 3 is 2.95 bits per heavy atom. The zero-order valence-electron chi connectivity index (χ0n) is 12.1. The number of nitrogens with zero attached hydrogens (tertiary/aromatic N) is 1. The maximum atomic E-state index is 11.8. The summed E-state index contributed by atoms with van der Waals surface area (Å²) in [6, 6.07) is 13.6. The lowest BCUT2D eigenvalue weighted by atomic mass is 9.91. The number of rotatable bonds is 3. The van der Waals surface area contributed by atoms with E-state index in [1.165, 1.54) is 0 Å². The Hall–Kier alpha value is -2.62. The van der Waals surface area contributed by atoms with Crippen molar-refractivity contribution in [3.63, 3.8) is 0 Å². The van der Waals surface area contributed by atoms with Crippen LogP contribution in [0.1, 0.15) is 34.6 Å². The monoisotopic (exact) mass is 292 g/mol. The van der Waals surface area contributed by atoms with Crippen LogP contribution >= 0.6 is 0 Å². The number of ether oxygens (including phenoxy) is 1. The Bertz CT molecular complexity index is 818. The zero-order valence-corrected chi connectivity index (χ0v) is 12.1. The van der Waals surface area contributed by atoms with Gasteiger partial charge in [0.05, 0.1) is 11.0 Å². The van der Waals surface area contributed by atoms with E-state index in [9.17, 15) is 4.79 Å². The number of carbonyl (C=O) groups is 1. The number of nitrogens with one attached hydrogen (secondary N) is 1. The molecule has 1 N–H and O–H groups in total. The van der Waals surface area contributed by atoms with Gasteiger partial charge >= 0.3 is 0 Å². The van der Waals surface area contributed by atoms with Gasteiger partial charge in [0.2, 0.25) is 0 Å². The number of imidazole rings is 1. The molecule has 1 heterocycles. The van der Waals surface area contributed by atoms with Crippen LogP contribution in [0.5, 0.6) is 5.75 Å². The molecule has 0 atom stereocenters. The van der Waals surface area contributed by atoms with Crippen LogP contribution < -0.4 is 4.74 Å². The summed E-state index contributed by atoms with van der Waals surface area (Å²) in [6.45, 7) is 0.390. The van der Waals surface area contributed by atoms with Gasteiger partial charge < -0.3 is 9.72 Å². The Labute approximate surface area is 128 Å². The molecule has 2 aromatic carbocycles. The first kappa shape index (κ1) is 13.1. The van der Waals surface area contributed by atoms with Gasteiger partial charge in [0.15, 0.2) is 5.78 Å². The van der Waals surface area contributed by atoms with Gasteiger partial charge in [-0.3, -0.25) is 4.79 Å². The van der Waals surface area contributed by atoms with Crippen molar-refractivity contribution >= 4 is 16.8 Å². The largest absolute Gasteiger partial charge is 0.486 e. The van der Waals surface area contributed by atoms with E-state index in [1.807, 2.05) is 42.5 Å². The van der Waals surface area contributed by atoms with Gasteiger partial charge in [-0.1, -0.05) is 12.1 Å². The highest BCUT2D eigenvalue weighted by Crippen LogP contribution is 2.25. The summed E-state index contributed by atoms with van der Waals surface area (Å²) in [4.78, 5) is 19.6. The first-order valence-corrected chi connectivity index (χ1v) is 7.52. The van der Waals surface area contributed by atoms with E-state index in [-0.39, 0.29) is 5.78 Å². The maximum Gasteiger partial charge on any atom is 0.163 e. The van der Waals surface area contributed by atoms with E-state index in [2.05, 4.69) is 9.97 Å². The van der Waals surface area contributed by atoms with Gasteiger partial charge in [-0.2, -0.15) is 0 Å². The Balaban J connectivity index is 1.52. The van der Waals surface area contributed by atoms with E-state index in [0.29, 0.717) is 13.0 Å². The molecule has 0 saturated heterocycles. The second-order valence-electron chi connectivity index (χ2n) is 5.59. The highest BCUT2D eigenvalue weighted by molar-refractivity contribution is 5.98. The molecule has 0 fully saturated rings. The summed E-state index contributed by atoms with van der Waals surface area (Å²) in [5.74, 6) is 1.83. The van der Waals surface area contributed by atoms with E-state index >= 15 is 0 Å². The lowest BCUT2D eigenvalue weighted by molar-refractivity contribution is 0.0972. The molecule has 0 radical (unpaired) electrons. The fourth-order valence-corrected chi connectivity index (χ4v) is 2.94. The van der Waals surface area contributed by atoms with Gasteiger partial charge in [-0.05, 0) is 48.7 Å². The topological polar surface area (TPSA) is 55.0 Å². The number of Topliss-reactive ketones (excluding diaryl/α,β-unsaturated/α-hetero) is 1. The highest BCUT2D eigenvalue weighted by atomic mass is 16.5. The molecular formula is C18H16N2O2. The molecule has 1 aromatic heterocycles. The summed E-state index contributed by atoms with van der Waals surface area (Å²) in [6.07, 6.45) is 2.54. The summed E-state index contributed by atoms with van der Waals surface area (Å²) in [5.41, 5.74) is 3.90. The van der Waals surface area contributed by atoms with Gasteiger partial charge in [-0.25, -0.2) is 4.98 Å². The van der Waals surface area contributed by atoms with Crippen LogP contribution in [0.4, 0.5) is 0 Å². The minimum absolute atomic E-state index is 0.241. The molecule has 0 aliphatic heterocycles. The Morgan fingerprint density at radius 1 is 1.14 bits per heavy atom. The molecule has 0 spiro atoms. The van der Waals surface area contributed by atoms with Crippen molar-refractivity contribution in [2.24, 2.45) is 0 Å².